The lowest BCUT2D eigenvalue weighted by Gasteiger charge is -2.05. The van der Waals surface area contributed by atoms with Gasteiger partial charge < -0.3 is 9.26 Å². The average molecular weight is 326 g/mol. The van der Waals surface area contributed by atoms with Crippen LogP contribution in [0.25, 0.3) is 11.4 Å². The van der Waals surface area contributed by atoms with E-state index in [4.69, 9.17) is 9.26 Å². The Kier molecular flexibility index (Phi) is 4.37. The maximum atomic E-state index is 12.9. The summed E-state index contributed by atoms with van der Waals surface area (Å²) in [6, 6.07) is 11.2. The van der Waals surface area contributed by atoms with E-state index in [1.165, 1.54) is 12.1 Å². The van der Waals surface area contributed by atoms with Gasteiger partial charge in [0.2, 0.25) is 5.82 Å². The van der Waals surface area contributed by atoms with Gasteiger partial charge in [0, 0.05) is 5.56 Å². The van der Waals surface area contributed by atoms with E-state index >= 15 is 0 Å². The molecule has 24 heavy (non-hydrogen) atoms. The van der Waals surface area contributed by atoms with Crippen LogP contribution in [0.5, 0.6) is 0 Å². The van der Waals surface area contributed by atoms with Crippen LogP contribution in [-0.2, 0) is 11.3 Å². The molecule has 1 aromatic heterocycles. The molecule has 0 saturated heterocycles. The van der Waals surface area contributed by atoms with Crippen molar-refractivity contribution >= 4 is 5.97 Å². The Bertz CT molecular complexity index is 872. The molecular weight excluding hydrogens is 311 g/mol. The predicted molar refractivity (Wildman–Crippen MR) is 84.7 cm³/mol. The highest BCUT2D eigenvalue weighted by Crippen LogP contribution is 2.17. The quantitative estimate of drug-likeness (QED) is 0.681. The van der Waals surface area contributed by atoms with Gasteiger partial charge >= 0.3 is 5.97 Å². The van der Waals surface area contributed by atoms with Crippen LogP contribution >= 0.6 is 0 Å². The SMILES string of the molecule is Cc1ccc(C(=O)OCc2nc(-c3ccc(F)cc3)no2)c(C)c1. The minimum absolute atomic E-state index is 0.125. The van der Waals surface area contributed by atoms with Gasteiger partial charge in [-0.25, -0.2) is 9.18 Å². The van der Waals surface area contributed by atoms with Crippen molar-refractivity contribution in [2.75, 3.05) is 0 Å². The molecule has 2 aromatic carbocycles. The van der Waals surface area contributed by atoms with Crippen LogP contribution in [0.1, 0.15) is 27.4 Å². The van der Waals surface area contributed by atoms with Gasteiger partial charge in [-0.1, -0.05) is 22.9 Å². The first-order valence-electron chi connectivity index (χ1n) is 7.36. The fourth-order valence-electron chi connectivity index (χ4n) is 2.28. The number of rotatable bonds is 4. The Hall–Kier alpha value is -3.02. The molecule has 0 unspecified atom stereocenters. The first-order valence-corrected chi connectivity index (χ1v) is 7.36. The van der Waals surface area contributed by atoms with Crippen molar-refractivity contribution in [3.8, 4) is 11.4 Å². The third-order valence-electron chi connectivity index (χ3n) is 3.50. The highest BCUT2D eigenvalue weighted by molar-refractivity contribution is 5.91. The molecule has 0 atom stereocenters. The van der Waals surface area contributed by atoms with Crippen molar-refractivity contribution in [2.24, 2.45) is 0 Å². The van der Waals surface area contributed by atoms with Gasteiger partial charge in [0.05, 0.1) is 5.56 Å². The van der Waals surface area contributed by atoms with E-state index in [2.05, 4.69) is 10.1 Å². The Morgan fingerprint density at radius 3 is 2.62 bits per heavy atom. The Morgan fingerprint density at radius 2 is 1.92 bits per heavy atom. The third kappa shape index (κ3) is 3.48. The number of carbonyl (C=O) groups is 1. The number of ether oxygens (including phenoxy) is 1. The summed E-state index contributed by atoms with van der Waals surface area (Å²) < 4.78 is 23.2. The lowest BCUT2D eigenvalue weighted by atomic mass is 10.1. The Morgan fingerprint density at radius 1 is 1.17 bits per heavy atom. The number of hydrogen-bond acceptors (Lipinski definition) is 5. The first-order chi connectivity index (χ1) is 11.5. The zero-order valence-corrected chi connectivity index (χ0v) is 13.2. The van der Waals surface area contributed by atoms with Gasteiger partial charge in [-0.05, 0) is 49.7 Å². The van der Waals surface area contributed by atoms with Gasteiger partial charge in [-0.3, -0.25) is 0 Å². The molecule has 0 aliphatic rings. The number of aromatic nitrogens is 2. The van der Waals surface area contributed by atoms with Crippen molar-refractivity contribution in [1.29, 1.82) is 0 Å². The van der Waals surface area contributed by atoms with Crippen molar-refractivity contribution < 1.29 is 18.4 Å². The summed E-state index contributed by atoms with van der Waals surface area (Å²) in [6.07, 6.45) is 0. The molecule has 0 radical (unpaired) electrons. The Balaban J connectivity index is 1.67. The summed E-state index contributed by atoms with van der Waals surface area (Å²) in [5, 5.41) is 3.80. The minimum atomic E-state index is -0.450. The molecule has 0 amide bonds. The number of halogens is 1. The topological polar surface area (TPSA) is 65.2 Å². The summed E-state index contributed by atoms with van der Waals surface area (Å²) in [7, 11) is 0. The van der Waals surface area contributed by atoms with E-state index in [-0.39, 0.29) is 18.3 Å². The molecule has 5 nitrogen and oxygen atoms in total. The van der Waals surface area contributed by atoms with Crippen molar-refractivity contribution in [3.63, 3.8) is 0 Å². The number of hydrogen-bond donors (Lipinski definition) is 0. The minimum Gasteiger partial charge on any atom is -0.452 e. The molecule has 1 heterocycles. The number of nitrogens with zero attached hydrogens (tertiary/aromatic N) is 2. The maximum Gasteiger partial charge on any atom is 0.338 e. The lowest BCUT2D eigenvalue weighted by molar-refractivity contribution is 0.0429. The van der Waals surface area contributed by atoms with E-state index in [0.29, 0.717) is 17.0 Å². The summed E-state index contributed by atoms with van der Waals surface area (Å²) >= 11 is 0. The van der Waals surface area contributed by atoms with Crippen molar-refractivity contribution in [3.05, 3.63) is 70.9 Å². The van der Waals surface area contributed by atoms with Gasteiger partial charge in [-0.2, -0.15) is 4.98 Å². The van der Waals surface area contributed by atoms with Crippen LogP contribution in [-0.4, -0.2) is 16.1 Å². The molecule has 3 rings (SSSR count). The largest absolute Gasteiger partial charge is 0.452 e. The van der Waals surface area contributed by atoms with E-state index in [1.807, 2.05) is 26.0 Å². The fraction of sp³-hybridized carbons (Fsp3) is 0.167. The fourth-order valence-corrected chi connectivity index (χ4v) is 2.28. The molecule has 0 fully saturated rings. The third-order valence-corrected chi connectivity index (χ3v) is 3.50. The molecule has 122 valence electrons. The smallest absolute Gasteiger partial charge is 0.338 e. The zero-order valence-electron chi connectivity index (χ0n) is 13.2. The highest BCUT2D eigenvalue weighted by atomic mass is 19.1. The highest BCUT2D eigenvalue weighted by Gasteiger charge is 2.14. The number of benzene rings is 2. The van der Waals surface area contributed by atoms with E-state index in [0.717, 1.165) is 11.1 Å². The second-order valence-electron chi connectivity index (χ2n) is 5.41. The molecule has 3 aromatic rings. The summed E-state index contributed by atoms with van der Waals surface area (Å²) in [5.41, 5.74) is 3.04. The van der Waals surface area contributed by atoms with Gasteiger partial charge in [0.25, 0.3) is 5.89 Å². The van der Waals surface area contributed by atoms with Crippen LogP contribution in [0.3, 0.4) is 0 Å². The lowest BCUT2D eigenvalue weighted by Crippen LogP contribution is -2.07. The van der Waals surface area contributed by atoms with Crippen molar-refractivity contribution in [2.45, 2.75) is 20.5 Å². The van der Waals surface area contributed by atoms with E-state index < -0.39 is 5.97 Å². The molecule has 0 N–H and O–H groups in total. The molecule has 0 aliphatic heterocycles. The molecule has 0 bridgehead atoms. The summed E-state index contributed by atoms with van der Waals surface area (Å²) in [5.74, 6) is -0.307. The molecule has 0 aliphatic carbocycles. The van der Waals surface area contributed by atoms with Gasteiger partial charge in [0.1, 0.15) is 5.82 Å². The normalized spacial score (nSPS) is 10.6. The number of esters is 1. The Labute approximate surface area is 138 Å². The summed E-state index contributed by atoms with van der Waals surface area (Å²) in [6.45, 7) is 3.68. The average Bonchev–Trinajstić information content (AvgIpc) is 3.02. The van der Waals surface area contributed by atoms with Gasteiger partial charge in [-0.15, -0.1) is 0 Å². The number of aryl methyl sites for hydroxylation is 2. The second kappa shape index (κ2) is 6.62. The van der Waals surface area contributed by atoms with Crippen LogP contribution in [0, 0.1) is 19.7 Å². The molecule has 6 heteroatoms. The predicted octanol–water partition coefficient (Wildman–Crippen LogP) is 3.85. The summed E-state index contributed by atoms with van der Waals surface area (Å²) in [4.78, 5) is 16.2. The van der Waals surface area contributed by atoms with Crippen molar-refractivity contribution in [1.82, 2.24) is 10.1 Å². The standard InChI is InChI=1S/C18H15FN2O3/c1-11-3-8-15(12(2)9-11)18(22)23-10-16-20-17(21-24-16)13-4-6-14(19)7-5-13/h3-9H,10H2,1-2H3. The van der Waals surface area contributed by atoms with Crippen LogP contribution in [0.4, 0.5) is 4.39 Å². The molecule has 0 spiro atoms. The van der Waals surface area contributed by atoms with E-state index in [9.17, 15) is 9.18 Å². The monoisotopic (exact) mass is 326 g/mol. The number of carbonyl (C=O) groups excluding carboxylic acids is 1. The van der Waals surface area contributed by atoms with Gasteiger partial charge in [0.15, 0.2) is 6.61 Å². The maximum absolute atomic E-state index is 12.9. The van der Waals surface area contributed by atoms with Crippen LogP contribution in [0.15, 0.2) is 47.0 Å². The zero-order chi connectivity index (χ0) is 17.1. The van der Waals surface area contributed by atoms with E-state index in [1.54, 1.807) is 18.2 Å². The van der Waals surface area contributed by atoms with Crippen LogP contribution in [0.2, 0.25) is 0 Å². The molecular formula is C18H15FN2O3. The first kappa shape index (κ1) is 15.9. The van der Waals surface area contributed by atoms with Crippen LogP contribution < -0.4 is 0 Å². The molecule has 0 saturated carbocycles. The second-order valence-corrected chi connectivity index (χ2v) is 5.41.